The van der Waals surface area contributed by atoms with E-state index in [1.54, 1.807) is 23.1 Å². The van der Waals surface area contributed by atoms with Gasteiger partial charge in [0.2, 0.25) is 5.91 Å². The van der Waals surface area contributed by atoms with Gasteiger partial charge in [-0.3, -0.25) is 4.79 Å². The van der Waals surface area contributed by atoms with Crippen LogP contribution >= 0.6 is 0 Å². The summed E-state index contributed by atoms with van der Waals surface area (Å²) in [5, 5.41) is 11.5. The highest BCUT2D eigenvalue weighted by Gasteiger charge is 2.26. The zero-order valence-corrected chi connectivity index (χ0v) is 11.7. The summed E-state index contributed by atoms with van der Waals surface area (Å²) in [7, 11) is 0. The van der Waals surface area contributed by atoms with Gasteiger partial charge < -0.3 is 16.0 Å². The molecule has 2 rings (SSSR count). The van der Waals surface area contributed by atoms with Crippen LogP contribution in [0.2, 0.25) is 0 Å². The number of rotatable bonds is 3. The van der Waals surface area contributed by atoms with Gasteiger partial charge in [0, 0.05) is 18.8 Å². The average molecular weight is 286 g/mol. The number of hydrogen-bond donors (Lipinski definition) is 2. The van der Waals surface area contributed by atoms with E-state index in [9.17, 15) is 9.59 Å². The zero-order chi connectivity index (χ0) is 15.2. The molecule has 1 heterocycles. The van der Waals surface area contributed by atoms with E-state index in [0.717, 1.165) is 18.4 Å². The summed E-state index contributed by atoms with van der Waals surface area (Å²) in [5.41, 5.74) is 6.81. The number of benzene rings is 1. The van der Waals surface area contributed by atoms with E-state index in [4.69, 9.17) is 11.0 Å². The molecule has 21 heavy (non-hydrogen) atoms. The number of nitrogens with zero attached hydrogens (tertiary/aromatic N) is 2. The first-order valence-corrected chi connectivity index (χ1v) is 6.91. The van der Waals surface area contributed by atoms with Crippen molar-refractivity contribution in [3.63, 3.8) is 0 Å². The number of anilines is 1. The van der Waals surface area contributed by atoms with Crippen molar-refractivity contribution < 1.29 is 9.59 Å². The van der Waals surface area contributed by atoms with Gasteiger partial charge in [0.1, 0.15) is 0 Å². The first kappa shape index (κ1) is 14.9. The Bertz CT molecular complexity index is 579. The van der Waals surface area contributed by atoms with Gasteiger partial charge in [-0.2, -0.15) is 5.26 Å². The van der Waals surface area contributed by atoms with Crippen LogP contribution in [0.4, 0.5) is 10.5 Å². The summed E-state index contributed by atoms with van der Waals surface area (Å²) in [5.74, 6) is -0.627. The lowest BCUT2D eigenvalue weighted by molar-refractivity contribution is -0.123. The average Bonchev–Trinajstić information content (AvgIpc) is 2.48. The lowest BCUT2D eigenvalue weighted by atomic mass is 9.98. The van der Waals surface area contributed by atoms with Crippen molar-refractivity contribution in [1.82, 2.24) is 4.90 Å². The minimum absolute atomic E-state index is 0.241. The van der Waals surface area contributed by atoms with Crippen molar-refractivity contribution in [3.05, 3.63) is 29.8 Å². The fourth-order valence-corrected chi connectivity index (χ4v) is 2.45. The molecule has 0 bridgehead atoms. The van der Waals surface area contributed by atoms with Crippen LogP contribution in [0.3, 0.4) is 0 Å². The molecule has 110 valence electrons. The SMILES string of the molecule is N#CCc1cccc(NC(=O)N2CCC[C@H](C(N)=O)C2)c1. The normalized spacial score (nSPS) is 17.9. The molecule has 1 fully saturated rings. The quantitative estimate of drug-likeness (QED) is 0.880. The van der Waals surface area contributed by atoms with Gasteiger partial charge in [0.25, 0.3) is 0 Å². The van der Waals surface area contributed by atoms with Crippen molar-refractivity contribution in [1.29, 1.82) is 5.26 Å². The number of carbonyl (C=O) groups is 2. The number of piperidine rings is 1. The van der Waals surface area contributed by atoms with E-state index in [0.29, 0.717) is 25.2 Å². The van der Waals surface area contributed by atoms with Crippen LogP contribution in [0.5, 0.6) is 0 Å². The molecule has 1 atom stereocenters. The fourth-order valence-electron chi connectivity index (χ4n) is 2.45. The Morgan fingerprint density at radius 1 is 1.48 bits per heavy atom. The molecule has 6 nitrogen and oxygen atoms in total. The fraction of sp³-hybridized carbons (Fsp3) is 0.400. The standard InChI is InChI=1S/C15H18N4O2/c16-7-6-11-3-1-5-13(9-11)18-15(21)19-8-2-4-12(10-19)14(17)20/h1,3,5,9,12H,2,4,6,8,10H2,(H2,17,20)(H,18,21)/t12-/m0/s1. The lowest BCUT2D eigenvalue weighted by Gasteiger charge is -2.31. The maximum atomic E-state index is 12.2. The Kier molecular flexibility index (Phi) is 4.77. The third-order valence-corrected chi connectivity index (χ3v) is 3.57. The van der Waals surface area contributed by atoms with Gasteiger partial charge in [-0.25, -0.2) is 4.79 Å². The first-order valence-electron chi connectivity index (χ1n) is 6.91. The highest BCUT2D eigenvalue weighted by atomic mass is 16.2. The van der Waals surface area contributed by atoms with Crippen LogP contribution in [0.1, 0.15) is 18.4 Å². The van der Waals surface area contributed by atoms with Crippen LogP contribution < -0.4 is 11.1 Å². The summed E-state index contributed by atoms with van der Waals surface area (Å²) in [6.45, 7) is 0.979. The van der Waals surface area contributed by atoms with Crippen LogP contribution in [0, 0.1) is 17.2 Å². The number of nitrogens with one attached hydrogen (secondary N) is 1. The van der Waals surface area contributed by atoms with Crippen LogP contribution in [0.25, 0.3) is 0 Å². The Balaban J connectivity index is 1.99. The molecule has 0 unspecified atom stereocenters. The van der Waals surface area contributed by atoms with Gasteiger partial charge in [-0.1, -0.05) is 12.1 Å². The predicted octanol–water partition coefficient (Wildman–Crippen LogP) is 1.48. The summed E-state index contributed by atoms with van der Waals surface area (Å²) in [6.07, 6.45) is 1.81. The topological polar surface area (TPSA) is 99.2 Å². The second kappa shape index (κ2) is 6.75. The number of hydrogen-bond acceptors (Lipinski definition) is 3. The predicted molar refractivity (Wildman–Crippen MR) is 78.3 cm³/mol. The number of carbonyl (C=O) groups excluding carboxylic acids is 2. The number of nitriles is 1. The van der Waals surface area contributed by atoms with Gasteiger partial charge in [-0.05, 0) is 30.5 Å². The van der Waals surface area contributed by atoms with Gasteiger partial charge in [-0.15, -0.1) is 0 Å². The van der Waals surface area contributed by atoms with Crippen molar-refractivity contribution in [2.75, 3.05) is 18.4 Å². The molecule has 3 N–H and O–H groups in total. The van der Waals surface area contributed by atoms with E-state index in [1.165, 1.54) is 0 Å². The molecule has 0 spiro atoms. The van der Waals surface area contributed by atoms with Crippen molar-refractivity contribution in [2.24, 2.45) is 11.7 Å². The molecular weight excluding hydrogens is 268 g/mol. The maximum absolute atomic E-state index is 12.2. The summed E-state index contributed by atoms with van der Waals surface area (Å²) >= 11 is 0. The van der Waals surface area contributed by atoms with E-state index >= 15 is 0 Å². The van der Waals surface area contributed by atoms with Crippen LogP contribution in [-0.4, -0.2) is 29.9 Å². The number of primary amides is 1. The molecule has 1 aliphatic heterocycles. The molecule has 1 aromatic rings. The summed E-state index contributed by atoms with van der Waals surface area (Å²) in [4.78, 5) is 25.0. The Morgan fingerprint density at radius 3 is 3.00 bits per heavy atom. The monoisotopic (exact) mass is 286 g/mol. The second-order valence-corrected chi connectivity index (χ2v) is 5.15. The highest BCUT2D eigenvalue weighted by molar-refractivity contribution is 5.90. The third-order valence-electron chi connectivity index (χ3n) is 3.57. The highest BCUT2D eigenvalue weighted by Crippen LogP contribution is 2.18. The molecule has 0 saturated carbocycles. The third kappa shape index (κ3) is 3.96. The van der Waals surface area contributed by atoms with Gasteiger partial charge in [0.15, 0.2) is 0 Å². The number of amides is 3. The van der Waals surface area contributed by atoms with Crippen LogP contribution in [-0.2, 0) is 11.2 Å². The molecule has 1 aromatic carbocycles. The molecule has 0 aliphatic carbocycles. The Hall–Kier alpha value is -2.55. The molecule has 6 heteroatoms. The number of urea groups is 1. The summed E-state index contributed by atoms with van der Waals surface area (Å²) < 4.78 is 0. The van der Waals surface area contributed by atoms with E-state index in [2.05, 4.69) is 11.4 Å². The minimum atomic E-state index is -0.358. The van der Waals surface area contributed by atoms with E-state index in [1.807, 2.05) is 6.07 Å². The van der Waals surface area contributed by atoms with Gasteiger partial charge >= 0.3 is 6.03 Å². The molecule has 1 aliphatic rings. The molecular formula is C15H18N4O2. The van der Waals surface area contributed by atoms with Crippen molar-refractivity contribution in [2.45, 2.75) is 19.3 Å². The largest absolute Gasteiger partial charge is 0.369 e. The molecule has 1 saturated heterocycles. The maximum Gasteiger partial charge on any atom is 0.321 e. The van der Waals surface area contributed by atoms with E-state index in [-0.39, 0.29) is 17.9 Å². The Morgan fingerprint density at radius 2 is 2.29 bits per heavy atom. The number of nitrogens with two attached hydrogens (primary N) is 1. The lowest BCUT2D eigenvalue weighted by Crippen LogP contribution is -2.45. The van der Waals surface area contributed by atoms with Crippen molar-refractivity contribution >= 4 is 17.6 Å². The molecule has 0 radical (unpaired) electrons. The molecule has 3 amide bonds. The minimum Gasteiger partial charge on any atom is -0.369 e. The van der Waals surface area contributed by atoms with Crippen LogP contribution in [0.15, 0.2) is 24.3 Å². The molecule has 0 aromatic heterocycles. The van der Waals surface area contributed by atoms with Crippen molar-refractivity contribution in [3.8, 4) is 6.07 Å². The number of likely N-dealkylation sites (tertiary alicyclic amines) is 1. The van der Waals surface area contributed by atoms with Gasteiger partial charge in [0.05, 0.1) is 18.4 Å². The summed E-state index contributed by atoms with van der Waals surface area (Å²) in [6, 6.07) is 9.01. The smallest absolute Gasteiger partial charge is 0.321 e. The van der Waals surface area contributed by atoms with E-state index < -0.39 is 0 Å². The Labute approximate surface area is 123 Å². The first-order chi connectivity index (χ1) is 10.1. The zero-order valence-electron chi connectivity index (χ0n) is 11.7. The second-order valence-electron chi connectivity index (χ2n) is 5.15.